The number of halogens is 1. The SMILES string of the molecule is Cc1cccc(-c2nsc(-c3c(Br)c(C(=O)O)nn3-c3ccccc3C)n2)c1. The number of para-hydroxylation sites is 1. The fourth-order valence-electron chi connectivity index (χ4n) is 2.92. The van der Waals surface area contributed by atoms with Crippen molar-refractivity contribution in [3.63, 3.8) is 0 Å². The monoisotopic (exact) mass is 454 g/mol. The molecule has 0 amide bonds. The Morgan fingerprint density at radius 2 is 1.93 bits per heavy atom. The van der Waals surface area contributed by atoms with Gasteiger partial charge in [0.15, 0.2) is 16.5 Å². The van der Waals surface area contributed by atoms with Crippen molar-refractivity contribution in [1.82, 2.24) is 19.1 Å². The third kappa shape index (κ3) is 3.25. The summed E-state index contributed by atoms with van der Waals surface area (Å²) in [4.78, 5) is 16.3. The van der Waals surface area contributed by atoms with Crippen LogP contribution in [-0.2, 0) is 0 Å². The van der Waals surface area contributed by atoms with Gasteiger partial charge in [-0.3, -0.25) is 0 Å². The Morgan fingerprint density at radius 1 is 1.14 bits per heavy atom. The van der Waals surface area contributed by atoms with E-state index in [0.29, 0.717) is 21.0 Å². The zero-order valence-corrected chi connectivity index (χ0v) is 17.5. The van der Waals surface area contributed by atoms with Crippen molar-refractivity contribution < 1.29 is 9.90 Å². The van der Waals surface area contributed by atoms with E-state index in [-0.39, 0.29) is 5.69 Å². The lowest BCUT2D eigenvalue weighted by Gasteiger charge is -2.08. The van der Waals surface area contributed by atoms with Crippen LogP contribution in [0.2, 0.25) is 0 Å². The molecule has 0 unspecified atom stereocenters. The summed E-state index contributed by atoms with van der Waals surface area (Å²) in [5.74, 6) is -0.506. The lowest BCUT2D eigenvalue weighted by Crippen LogP contribution is -2.03. The van der Waals surface area contributed by atoms with Crippen LogP contribution in [0.4, 0.5) is 0 Å². The molecule has 0 radical (unpaired) electrons. The fourth-order valence-corrected chi connectivity index (χ4v) is 4.37. The predicted molar refractivity (Wildman–Crippen MR) is 112 cm³/mol. The first kappa shape index (κ1) is 18.5. The van der Waals surface area contributed by atoms with E-state index in [1.54, 1.807) is 4.68 Å². The molecule has 0 saturated carbocycles. The number of benzene rings is 2. The van der Waals surface area contributed by atoms with Gasteiger partial charge in [0.2, 0.25) is 0 Å². The van der Waals surface area contributed by atoms with Gasteiger partial charge in [0, 0.05) is 5.56 Å². The first-order valence-corrected chi connectivity index (χ1v) is 10.0. The van der Waals surface area contributed by atoms with Crippen molar-refractivity contribution in [2.45, 2.75) is 13.8 Å². The molecular weight excluding hydrogens is 440 g/mol. The normalized spacial score (nSPS) is 11.0. The molecule has 0 spiro atoms. The lowest BCUT2D eigenvalue weighted by molar-refractivity contribution is 0.0689. The Kier molecular flexibility index (Phi) is 4.82. The standard InChI is InChI=1S/C20H15BrN4O2S/c1-11-6-5-8-13(10-11)18-22-19(28-24-18)17-15(21)16(20(26)27)23-25(17)14-9-4-3-7-12(14)2/h3-10H,1-2H3,(H,26,27). The first-order valence-electron chi connectivity index (χ1n) is 8.44. The minimum atomic E-state index is -1.11. The Labute approximate surface area is 173 Å². The molecule has 4 rings (SSSR count). The molecule has 0 aliphatic carbocycles. The van der Waals surface area contributed by atoms with Crippen LogP contribution < -0.4 is 0 Å². The third-order valence-electron chi connectivity index (χ3n) is 4.28. The van der Waals surface area contributed by atoms with Gasteiger partial charge in [-0.05, 0) is 59.0 Å². The maximum absolute atomic E-state index is 11.7. The van der Waals surface area contributed by atoms with E-state index < -0.39 is 5.97 Å². The van der Waals surface area contributed by atoms with Crippen LogP contribution in [0.3, 0.4) is 0 Å². The second-order valence-electron chi connectivity index (χ2n) is 6.31. The van der Waals surface area contributed by atoms with Gasteiger partial charge in [-0.1, -0.05) is 42.0 Å². The van der Waals surface area contributed by atoms with Crippen LogP contribution in [0.25, 0.3) is 27.8 Å². The van der Waals surface area contributed by atoms with E-state index in [2.05, 4.69) is 30.4 Å². The number of aryl methyl sites for hydroxylation is 2. The molecule has 0 atom stereocenters. The number of carboxylic acids is 1. The van der Waals surface area contributed by atoms with Crippen LogP contribution in [0.1, 0.15) is 21.6 Å². The number of aromatic nitrogens is 4. The number of carbonyl (C=O) groups is 1. The molecule has 8 heteroatoms. The molecule has 0 aliphatic rings. The Balaban J connectivity index is 1.91. The molecule has 2 heterocycles. The predicted octanol–water partition coefficient (Wildman–Crippen LogP) is 5.14. The maximum atomic E-state index is 11.7. The van der Waals surface area contributed by atoms with Crippen LogP contribution in [-0.4, -0.2) is 30.2 Å². The molecule has 6 nitrogen and oxygen atoms in total. The minimum Gasteiger partial charge on any atom is -0.476 e. The molecule has 1 N–H and O–H groups in total. The molecule has 140 valence electrons. The van der Waals surface area contributed by atoms with Gasteiger partial charge in [0.1, 0.15) is 5.69 Å². The quantitative estimate of drug-likeness (QED) is 0.461. The number of hydrogen-bond acceptors (Lipinski definition) is 5. The van der Waals surface area contributed by atoms with Crippen LogP contribution in [0, 0.1) is 13.8 Å². The summed E-state index contributed by atoms with van der Waals surface area (Å²) in [6.07, 6.45) is 0. The zero-order valence-electron chi connectivity index (χ0n) is 15.0. The van der Waals surface area contributed by atoms with Crippen molar-refractivity contribution in [2.24, 2.45) is 0 Å². The van der Waals surface area contributed by atoms with Crippen molar-refractivity contribution in [1.29, 1.82) is 0 Å². The smallest absolute Gasteiger partial charge is 0.357 e. The first-order chi connectivity index (χ1) is 13.5. The van der Waals surface area contributed by atoms with Crippen molar-refractivity contribution in [3.8, 4) is 27.8 Å². The number of nitrogens with zero attached hydrogens (tertiary/aromatic N) is 4. The van der Waals surface area contributed by atoms with Gasteiger partial charge in [-0.15, -0.1) is 0 Å². The number of carboxylic acid groups (broad SMARTS) is 1. The van der Waals surface area contributed by atoms with E-state index in [0.717, 1.165) is 22.4 Å². The van der Waals surface area contributed by atoms with E-state index >= 15 is 0 Å². The molecule has 0 saturated heterocycles. The largest absolute Gasteiger partial charge is 0.476 e. The summed E-state index contributed by atoms with van der Waals surface area (Å²) in [7, 11) is 0. The second-order valence-corrected chi connectivity index (χ2v) is 7.85. The van der Waals surface area contributed by atoms with Gasteiger partial charge in [0.05, 0.1) is 10.2 Å². The molecule has 2 aromatic heterocycles. The summed E-state index contributed by atoms with van der Waals surface area (Å²) >= 11 is 4.63. The van der Waals surface area contributed by atoms with Crippen LogP contribution in [0.15, 0.2) is 53.0 Å². The molecule has 2 aromatic carbocycles. The summed E-state index contributed by atoms with van der Waals surface area (Å²) in [6, 6.07) is 15.6. The molecule has 4 aromatic rings. The average molecular weight is 455 g/mol. The highest BCUT2D eigenvalue weighted by Crippen LogP contribution is 2.36. The van der Waals surface area contributed by atoms with Crippen molar-refractivity contribution in [2.75, 3.05) is 0 Å². The van der Waals surface area contributed by atoms with Gasteiger partial charge in [-0.25, -0.2) is 14.5 Å². The molecular formula is C20H15BrN4O2S. The number of hydrogen-bond donors (Lipinski definition) is 1. The maximum Gasteiger partial charge on any atom is 0.357 e. The second kappa shape index (κ2) is 7.29. The summed E-state index contributed by atoms with van der Waals surface area (Å²) < 4.78 is 6.48. The highest BCUT2D eigenvalue weighted by atomic mass is 79.9. The topological polar surface area (TPSA) is 80.9 Å². The molecule has 0 fully saturated rings. The van der Waals surface area contributed by atoms with Gasteiger partial charge in [0.25, 0.3) is 0 Å². The molecule has 0 bridgehead atoms. The van der Waals surface area contributed by atoms with E-state index in [1.165, 1.54) is 11.5 Å². The van der Waals surface area contributed by atoms with Gasteiger partial charge >= 0.3 is 5.97 Å². The van der Waals surface area contributed by atoms with Gasteiger partial charge < -0.3 is 5.11 Å². The van der Waals surface area contributed by atoms with Crippen LogP contribution >= 0.6 is 27.5 Å². The third-order valence-corrected chi connectivity index (χ3v) is 5.75. The van der Waals surface area contributed by atoms with Crippen molar-refractivity contribution >= 4 is 33.4 Å². The van der Waals surface area contributed by atoms with Gasteiger partial charge in [-0.2, -0.15) is 9.47 Å². The summed E-state index contributed by atoms with van der Waals surface area (Å²) in [5, 5.41) is 14.5. The zero-order chi connectivity index (χ0) is 19.8. The highest BCUT2D eigenvalue weighted by molar-refractivity contribution is 9.10. The number of rotatable bonds is 4. The van der Waals surface area contributed by atoms with E-state index in [4.69, 9.17) is 0 Å². The van der Waals surface area contributed by atoms with E-state index in [9.17, 15) is 9.90 Å². The minimum absolute atomic E-state index is 0.0643. The summed E-state index contributed by atoms with van der Waals surface area (Å²) in [5.41, 5.74) is 4.30. The van der Waals surface area contributed by atoms with Crippen LogP contribution in [0.5, 0.6) is 0 Å². The average Bonchev–Trinajstić information content (AvgIpc) is 3.27. The Hall–Kier alpha value is -2.84. The molecule has 28 heavy (non-hydrogen) atoms. The fraction of sp³-hybridized carbons (Fsp3) is 0.100. The summed E-state index contributed by atoms with van der Waals surface area (Å²) in [6.45, 7) is 3.97. The van der Waals surface area contributed by atoms with E-state index in [1.807, 2.05) is 62.4 Å². The Bertz CT molecular complexity index is 1200. The lowest BCUT2D eigenvalue weighted by atomic mass is 10.1. The molecule has 0 aliphatic heterocycles. The van der Waals surface area contributed by atoms with Crippen molar-refractivity contribution in [3.05, 3.63) is 69.8 Å². The highest BCUT2D eigenvalue weighted by Gasteiger charge is 2.26. The number of aromatic carboxylic acids is 1. The Morgan fingerprint density at radius 3 is 2.64 bits per heavy atom.